The third kappa shape index (κ3) is 10.2. The highest BCUT2D eigenvalue weighted by Gasteiger charge is 2.24. The Morgan fingerprint density at radius 1 is 0.776 bits per heavy atom. The van der Waals surface area contributed by atoms with Gasteiger partial charge in [0.1, 0.15) is 29.6 Å². The number of nitrogens with one attached hydrogen (secondary N) is 3. The van der Waals surface area contributed by atoms with Gasteiger partial charge < -0.3 is 24.8 Å². The molecule has 0 aliphatic rings. The van der Waals surface area contributed by atoms with E-state index in [1.54, 1.807) is 0 Å². The van der Waals surface area contributed by atoms with E-state index in [1.807, 2.05) is 47.7 Å². The number of rotatable bonds is 12. The van der Waals surface area contributed by atoms with Gasteiger partial charge in [-0.3, -0.25) is 0 Å². The number of aromatic nitrogens is 4. The van der Waals surface area contributed by atoms with E-state index in [2.05, 4.69) is 81.6 Å². The zero-order valence-corrected chi connectivity index (χ0v) is 29.6. The van der Waals surface area contributed by atoms with E-state index in [9.17, 15) is 9.59 Å². The van der Waals surface area contributed by atoms with Gasteiger partial charge in [0.25, 0.3) is 0 Å². The minimum Gasteiger partial charge on any atom is -0.444 e. The Labute approximate surface area is 288 Å². The van der Waals surface area contributed by atoms with E-state index >= 15 is 0 Å². The number of benzene rings is 3. The number of alkyl carbamates (subject to hydrolysis) is 1. The molecule has 0 saturated carbocycles. The van der Waals surface area contributed by atoms with E-state index in [0.717, 1.165) is 94.4 Å². The zero-order chi connectivity index (χ0) is 35.2. The number of carbonyl (C=O) groups is 2. The largest absolute Gasteiger partial charge is 0.596 e. The fourth-order valence-corrected chi connectivity index (χ4v) is 5.52. The molecule has 5 aromatic rings. The SMILES string of the molecule is C=[N+](CCCCc1ncc(-c2ccc3cc(-c4ccc5nc(CCCCNC(=O)OC(C)(C)C)[nH]c5c4)ccc3c2)[nH]1)C(=O)OC(C)(C)C. The van der Waals surface area contributed by atoms with Gasteiger partial charge in [-0.25, -0.2) is 14.8 Å². The molecule has 0 saturated heterocycles. The minimum atomic E-state index is -0.531. The summed E-state index contributed by atoms with van der Waals surface area (Å²) in [4.78, 5) is 40.2. The molecule has 0 radical (unpaired) electrons. The second-order valence-corrected chi connectivity index (χ2v) is 14.5. The number of carbonyl (C=O) groups excluding carboxylic acids is 2. The molecule has 258 valence electrons. The van der Waals surface area contributed by atoms with Crippen LogP contribution in [0, 0.1) is 0 Å². The number of H-pyrrole nitrogens is 2. The monoisotopic (exact) mass is 665 g/mol. The highest BCUT2D eigenvalue weighted by Crippen LogP contribution is 2.30. The summed E-state index contributed by atoms with van der Waals surface area (Å²) in [5.41, 5.74) is 5.26. The molecular formula is C39H49N6O4+. The minimum absolute atomic E-state index is 0.381. The van der Waals surface area contributed by atoms with Crippen molar-refractivity contribution < 1.29 is 23.6 Å². The number of aromatic amines is 2. The molecule has 10 nitrogen and oxygen atoms in total. The molecule has 0 spiro atoms. The highest BCUT2D eigenvalue weighted by molar-refractivity contribution is 5.91. The van der Waals surface area contributed by atoms with Gasteiger partial charge >= 0.3 is 12.2 Å². The summed E-state index contributed by atoms with van der Waals surface area (Å²) >= 11 is 0. The van der Waals surface area contributed by atoms with Crippen molar-refractivity contribution in [1.29, 1.82) is 0 Å². The van der Waals surface area contributed by atoms with Crippen molar-refractivity contribution in [2.75, 3.05) is 13.1 Å². The molecule has 0 atom stereocenters. The van der Waals surface area contributed by atoms with Gasteiger partial charge in [-0.15, -0.1) is 4.58 Å². The predicted octanol–water partition coefficient (Wildman–Crippen LogP) is 8.59. The molecule has 0 bridgehead atoms. The summed E-state index contributed by atoms with van der Waals surface area (Å²) in [6, 6.07) is 19.3. The van der Waals surface area contributed by atoms with E-state index in [4.69, 9.17) is 14.5 Å². The first-order valence-corrected chi connectivity index (χ1v) is 17.1. The Kier molecular flexibility index (Phi) is 10.9. The number of hydrogen-bond donors (Lipinski definition) is 3. The van der Waals surface area contributed by atoms with Gasteiger partial charge in [-0.1, -0.05) is 30.3 Å². The molecule has 0 aliphatic carbocycles. The molecule has 5 rings (SSSR count). The van der Waals surface area contributed by atoms with E-state index in [-0.39, 0.29) is 6.09 Å². The highest BCUT2D eigenvalue weighted by atomic mass is 16.6. The number of nitrogens with zero attached hydrogens (tertiary/aromatic N) is 3. The maximum Gasteiger partial charge on any atom is 0.596 e. The van der Waals surface area contributed by atoms with Crippen LogP contribution in [0.3, 0.4) is 0 Å². The molecule has 2 heterocycles. The summed E-state index contributed by atoms with van der Waals surface area (Å²) in [7, 11) is 0. The first kappa shape index (κ1) is 35.3. The second kappa shape index (κ2) is 15.1. The fraction of sp³-hybridized carbons (Fsp3) is 0.410. The molecule has 10 heteroatoms. The lowest BCUT2D eigenvalue weighted by Gasteiger charge is -2.19. The topological polar surface area (TPSA) is 125 Å². The van der Waals surface area contributed by atoms with E-state index in [1.165, 1.54) is 4.58 Å². The van der Waals surface area contributed by atoms with Gasteiger partial charge in [0.2, 0.25) is 0 Å². The number of ether oxygens (including phenoxy) is 2. The van der Waals surface area contributed by atoms with Crippen molar-refractivity contribution in [2.24, 2.45) is 0 Å². The van der Waals surface area contributed by atoms with Gasteiger partial charge in [0.15, 0.2) is 6.54 Å². The van der Waals surface area contributed by atoms with Crippen molar-refractivity contribution in [3.05, 3.63) is 72.4 Å². The van der Waals surface area contributed by atoms with Crippen LogP contribution in [0.1, 0.15) is 78.9 Å². The van der Waals surface area contributed by atoms with Crippen molar-refractivity contribution in [2.45, 2.75) is 91.3 Å². The summed E-state index contributed by atoms with van der Waals surface area (Å²) in [6.07, 6.45) is 6.13. The quantitative estimate of drug-likeness (QED) is 0.0696. The van der Waals surface area contributed by atoms with Crippen molar-refractivity contribution >= 4 is 40.7 Å². The van der Waals surface area contributed by atoms with E-state index < -0.39 is 17.3 Å². The van der Waals surface area contributed by atoms with Crippen LogP contribution < -0.4 is 5.32 Å². The maximum atomic E-state index is 12.1. The van der Waals surface area contributed by atoms with Crippen molar-refractivity contribution in [1.82, 2.24) is 25.3 Å². The average Bonchev–Trinajstić information content (AvgIpc) is 3.67. The molecule has 0 aliphatic heterocycles. The van der Waals surface area contributed by atoms with Gasteiger partial charge in [-0.2, -0.15) is 4.79 Å². The zero-order valence-electron chi connectivity index (χ0n) is 29.6. The molecule has 2 aromatic heterocycles. The molecule has 0 fully saturated rings. The normalized spacial score (nSPS) is 12.0. The lowest BCUT2D eigenvalue weighted by molar-refractivity contribution is -0.443. The molecule has 2 amide bonds. The summed E-state index contributed by atoms with van der Waals surface area (Å²) in [5.74, 6) is 1.87. The Morgan fingerprint density at radius 3 is 2.14 bits per heavy atom. The van der Waals surface area contributed by atoms with Crippen LogP contribution in [-0.2, 0) is 22.3 Å². The maximum absolute atomic E-state index is 12.1. The van der Waals surface area contributed by atoms with Gasteiger partial charge in [0, 0.05) is 31.4 Å². The van der Waals surface area contributed by atoms with Crippen LogP contribution in [0.4, 0.5) is 9.59 Å². The molecule has 49 heavy (non-hydrogen) atoms. The molecular weight excluding hydrogens is 616 g/mol. The smallest absolute Gasteiger partial charge is 0.444 e. The standard InChI is InChI=1S/C39H48N6O4/c1-38(2,3)48-36(46)40-20-10-8-13-35-42-31-19-18-29(24-32(31)43-35)27-14-15-28-23-30(17-16-26(28)22-27)33-25-41-34(44-33)12-9-11-21-45(7)37(47)49-39(4,5)6/h14-19,22-25H,7-13,20-21H2,1-6H3,(H2-,40,41,42,43,44,46)/p+1. The second-order valence-electron chi connectivity index (χ2n) is 14.5. The number of fused-ring (bicyclic) bond motifs is 2. The van der Waals surface area contributed by atoms with Crippen molar-refractivity contribution in [3.63, 3.8) is 0 Å². The van der Waals surface area contributed by atoms with Crippen molar-refractivity contribution in [3.8, 4) is 22.4 Å². The Bertz CT molecular complexity index is 1940. The number of amides is 2. The predicted molar refractivity (Wildman–Crippen MR) is 195 cm³/mol. The lowest BCUT2D eigenvalue weighted by Crippen LogP contribution is -2.33. The number of imidazole rings is 2. The summed E-state index contributed by atoms with van der Waals surface area (Å²) in [5, 5.41) is 5.13. The van der Waals surface area contributed by atoms with Gasteiger partial charge in [-0.05, 0) is 107 Å². The van der Waals surface area contributed by atoms with E-state index in [0.29, 0.717) is 13.1 Å². The number of hydrogen-bond acceptors (Lipinski definition) is 6. The average molecular weight is 666 g/mol. The molecule has 3 N–H and O–H groups in total. The molecule has 0 unspecified atom stereocenters. The summed E-state index contributed by atoms with van der Waals surface area (Å²) in [6.45, 7) is 16.0. The fourth-order valence-electron chi connectivity index (χ4n) is 5.52. The Hall–Kier alpha value is -4.99. The molecule has 3 aromatic carbocycles. The van der Waals surface area contributed by atoms with Crippen LogP contribution in [0.5, 0.6) is 0 Å². The van der Waals surface area contributed by atoms with Crippen LogP contribution >= 0.6 is 0 Å². The third-order valence-electron chi connectivity index (χ3n) is 7.90. The van der Waals surface area contributed by atoms with Gasteiger partial charge in [0.05, 0.1) is 22.9 Å². The number of aryl methyl sites for hydroxylation is 2. The Morgan fingerprint density at radius 2 is 1.41 bits per heavy atom. The lowest BCUT2D eigenvalue weighted by atomic mass is 9.99. The third-order valence-corrected chi connectivity index (χ3v) is 7.90. The van der Waals surface area contributed by atoms with Crippen LogP contribution in [0.15, 0.2) is 60.8 Å². The first-order chi connectivity index (χ1) is 23.2. The Balaban J connectivity index is 1.14. The first-order valence-electron chi connectivity index (χ1n) is 17.1. The summed E-state index contributed by atoms with van der Waals surface area (Å²) < 4.78 is 12.0. The van der Waals surface area contributed by atoms with Crippen LogP contribution in [-0.4, -0.2) is 67.7 Å². The number of unbranched alkanes of at least 4 members (excludes halogenated alkanes) is 2. The van der Waals surface area contributed by atoms with Crippen LogP contribution in [0.25, 0.3) is 44.2 Å². The van der Waals surface area contributed by atoms with Crippen LogP contribution in [0.2, 0.25) is 0 Å².